The Morgan fingerprint density at radius 3 is 2.62 bits per heavy atom. The van der Waals surface area contributed by atoms with Gasteiger partial charge in [-0.05, 0) is 12.3 Å². The van der Waals surface area contributed by atoms with Gasteiger partial charge in [0.2, 0.25) is 5.91 Å². The number of aromatic nitrogens is 2. The minimum Gasteiger partial charge on any atom is -0.347 e. The predicted molar refractivity (Wildman–Crippen MR) is 62.6 cm³/mol. The Morgan fingerprint density at radius 1 is 1.56 bits per heavy atom. The van der Waals surface area contributed by atoms with E-state index in [9.17, 15) is 4.79 Å². The summed E-state index contributed by atoms with van der Waals surface area (Å²) in [6.45, 7) is 7.69. The summed E-state index contributed by atoms with van der Waals surface area (Å²) in [7, 11) is 0. The molecule has 0 spiro atoms. The first kappa shape index (κ1) is 12.7. The predicted octanol–water partition coefficient (Wildman–Crippen LogP) is 0.960. The smallest absolute Gasteiger partial charge is 0.238 e. The zero-order valence-electron chi connectivity index (χ0n) is 10.2. The summed E-state index contributed by atoms with van der Waals surface area (Å²) >= 11 is 0. The second kappa shape index (κ2) is 4.65. The van der Waals surface area contributed by atoms with Crippen molar-refractivity contribution < 1.29 is 4.79 Å². The third kappa shape index (κ3) is 3.06. The molecular formula is C11H20N4O. The van der Waals surface area contributed by atoms with Crippen molar-refractivity contribution in [3.63, 3.8) is 0 Å². The Balaban J connectivity index is 2.59. The summed E-state index contributed by atoms with van der Waals surface area (Å²) in [6.07, 6.45) is 3.38. The van der Waals surface area contributed by atoms with Gasteiger partial charge in [-0.3, -0.25) is 4.79 Å². The minimum atomic E-state index is -0.523. The summed E-state index contributed by atoms with van der Waals surface area (Å²) in [5.74, 6) is 0.575. The van der Waals surface area contributed by atoms with Crippen LogP contribution in [0.4, 0.5) is 0 Å². The van der Waals surface area contributed by atoms with Gasteiger partial charge in [0.1, 0.15) is 5.82 Å². The van der Waals surface area contributed by atoms with E-state index in [2.05, 4.69) is 15.3 Å². The zero-order chi connectivity index (χ0) is 12.3. The van der Waals surface area contributed by atoms with Crippen molar-refractivity contribution in [2.75, 3.05) is 0 Å². The van der Waals surface area contributed by atoms with Crippen molar-refractivity contribution in [3.8, 4) is 0 Å². The molecule has 4 N–H and O–H groups in total. The summed E-state index contributed by atoms with van der Waals surface area (Å²) in [5, 5.41) is 2.83. The van der Waals surface area contributed by atoms with Gasteiger partial charge in [-0.15, -0.1) is 0 Å². The lowest BCUT2D eigenvalue weighted by atomic mass is 9.87. The van der Waals surface area contributed by atoms with Gasteiger partial charge in [-0.1, -0.05) is 20.8 Å². The number of carbonyl (C=O) groups is 1. The molecule has 0 fully saturated rings. The first-order valence-electron chi connectivity index (χ1n) is 5.37. The average molecular weight is 224 g/mol. The highest BCUT2D eigenvalue weighted by Gasteiger charge is 2.28. The Kier molecular flexibility index (Phi) is 3.70. The normalized spacial score (nSPS) is 15.6. The van der Waals surface area contributed by atoms with Crippen LogP contribution in [0.3, 0.4) is 0 Å². The lowest BCUT2D eigenvalue weighted by molar-refractivity contribution is -0.125. The van der Waals surface area contributed by atoms with Gasteiger partial charge in [0.15, 0.2) is 0 Å². The van der Waals surface area contributed by atoms with E-state index < -0.39 is 6.04 Å². The van der Waals surface area contributed by atoms with Crippen LogP contribution in [0.1, 0.15) is 39.6 Å². The molecule has 0 aromatic carbocycles. The fourth-order valence-corrected chi connectivity index (χ4v) is 1.28. The molecule has 0 radical (unpaired) electrons. The molecule has 90 valence electrons. The van der Waals surface area contributed by atoms with Crippen LogP contribution in [0.5, 0.6) is 0 Å². The molecule has 16 heavy (non-hydrogen) atoms. The number of H-pyrrole nitrogens is 1. The molecule has 0 saturated carbocycles. The van der Waals surface area contributed by atoms with Crippen molar-refractivity contribution in [2.24, 2.45) is 11.1 Å². The van der Waals surface area contributed by atoms with E-state index >= 15 is 0 Å². The second-order valence-electron chi connectivity index (χ2n) is 5.05. The van der Waals surface area contributed by atoms with Crippen LogP contribution >= 0.6 is 0 Å². The first-order chi connectivity index (χ1) is 7.32. The molecule has 0 bridgehead atoms. The lowest BCUT2D eigenvalue weighted by Gasteiger charge is -2.27. The molecule has 1 aromatic heterocycles. The topological polar surface area (TPSA) is 83.8 Å². The van der Waals surface area contributed by atoms with Crippen LogP contribution in [-0.4, -0.2) is 21.9 Å². The first-order valence-corrected chi connectivity index (χ1v) is 5.37. The van der Waals surface area contributed by atoms with E-state index in [1.807, 2.05) is 27.7 Å². The quantitative estimate of drug-likeness (QED) is 0.715. The van der Waals surface area contributed by atoms with E-state index in [0.717, 1.165) is 5.82 Å². The fourth-order valence-electron chi connectivity index (χ4n) is 1.28. The van der Waals surface area contributed by atoms with Crippen LogP contribution in [0.15, 0.2) is 12.4 Å². The van der Waals surface area contributed by atoms with Gasteiger partial charge in [-0.25, -0.2) is 4.98 Å². The zero-order valence-corrected chi connectivity index (χ0v) is 10.2. The highest BCUT2D eigenvalue weighted by molar-refractivity contribution is 5.82. The number of carbonyl (C=O) groups excluding carboxylic acids is 1. The molecule has 0 saturated heterocycles. The van der Waals surface area contributed by atoms with Gasteiger partial charge in [-0.2, -0.15) is 0 Å². The third-order valence-electron chi connectivity index (χ3n) is 2.50. The number of hydrogen-bond acceptors (Lipinski definition) is 3. The molecule has 1 rings (SSSR count). The molecule has 1 aromatic rings. The summed E-state index contributed by atoms with van der Waals surface area (Å²) in [6, 6.07) is -0.680. The number of nitrogens with one attached hydrogen (secondary N) is 2. The molecule has 2 atom stereocenters. The SMILES string of the molecule is CC(NC(=O)[C@H](N)C(C)(C)C)c1ncc[nH]1. The highest BCUT2D eigenvalue weighted by atomic mass is 16.2. The number of aromatic amines is 1. The van der Waals surface area contributed by atoms with Crippen LogP contribution in [-0.2, 0) is 4.79 Å². The molecule has 5 nitrogen and oxygen atoms in total. The van der Waals surface area contributed by atoms with Gasteiger partial charge >= 0.3 is 0 Å². The van der Waals surface area contributed by atoms with E-state index in [4.69, 9.17) is 5.73 Å². The van der Waals surface area contributed by atoms with E-state index in [1.54, 1.807) is 12.4 Å². The van der Waals surface area contributed by atoms with Gasteiger partial charge in [0, 0.05) is 12.4 Å². The van der Waals surface area contributed by atoms with E-state index in [1.165, 1.54) is 0 Å². The molecular weight excluding hydrogens is 204 g/mol. The monoisotopic (exact) mass is 224 g/mol. The van der Waals surface area contributed by atoms with Crippen LogP contribution < -0.4 is 11.1 Å². The second-order valence-corrected chi connectivity index (χ2v) is 5.05. The van der Waals surface area contributed by atoms with Gasteiger partial charge < -0.3 is 16.0 Å². The number of rotatable bonds is 3. The number of imidazole rings is 1. The highest BCUT2D eigenvalue weighted by Crippen LogP contribution is 2.18. The Morgan fingerprint density at radius 2 is 2.19 bits per heavy atom. The van der Waals surface area contributed by atoms with Gasteiger partial charge in [0.05, 0.1) is 12.1 Å². The molecule has 1 heterocycles. The van der Waals surface area contributed by atoms with Gasteiger partial charge in [0.25, 0.3) is 0 Å². The standard InChI is InChI=1S/C11H20N4O/c1-7(9-13-5-6-14-9)15-10(16)8(12)11(2,3)4/h5-8H,12H2,1-4H3,(H,13,14)(H,15,16)/t7?,8-/m0/s1. The summed E-state index contributed by atoms with van der Waals surface area (Å²) in [5.41, 5.74) is 5.61. The minimum absolute atomic E-state index is 0.156. The van der Waals surface area contributed by atoms with Crippen molar-refractivity contribution in [2.45, 2.75) is 39.8 Å². The molecule has 0 aliphatic rings. The number of hydrogen-bond donors (Lipinski definition) is 3. The summed E-state index contributed by atoms with van der Waals surface area (Å²) < 4.78 is 0. The van der Waals surface area contributed by atoms with Crippen molar-refractivity contribution in [3.05, 3.63) is 18.2 Å². The fraction of sp³-hybridized carbons (Fsp3) is 0.636. The maximum atomic E-state index is 11.8. The molecule has 5 heteroatoms. The number of nitrogens with two attached hydrogens (primary N) is 1. The summed E-state index contributed by atoms with van der Waals surface area (Å²) in [4.78, 5) is 18.9. The van der Waals surface area contributed by atoms with E-state index in [-0.39, 0.29) is 17.4 Å². The van der Waals surface area contributed by atoms with Crippen molar-refractivity contribution >= 4 is 5.91 Å². The molecule has 0 aliphatic heterocycles. The molecule has 1 amide bonds. The average Bonchev–Trinajstić information content (AvgIpc) is 2.67. The maximum Gasteiger partial charge on any atom is 0.238 e. The lowest BCUT2D eigenvalue weighted by Crippen LogP contribution is -2.49. The number of amides is 1. The van der Waals surface area contributed by atoms with Crippen molar-refractivity contribution in [1.82, 2.24) is 15.3 Å². The molecule has 0 aliphatic carbocycles. The van der Waals surface area contributed by atoms with Crippen molar-refractivity contribution in [1.29, 1.82) is 0 Å². The van der Waals surface area contributed by atoms with Crippen LogP contribution in [0, 0.1) is 5.41 Å². The number of nitrogens with zero attached hydrogens (tertiary/aromatic N) is 1. The van der Waals surface area contributed by atoms with Crippen LogP contribution in [0.2, 0.25) is 0 Å². The Hall–Kier alpha value is -1.36. The van der Waals surface area contributed by atoms with E-state index in [0.29, 0.717) is 0 Å². The maximum absolute atomic E-state index is 11.8. The Labute approximate surface area is 95.8 Å². The largest absolute Gasteiger partial charge is 0.347 e. The molecule has 1 unspecified atom stereocenters. The Bertz CT molecular complexity index is 339. The van der Waals surface area contributed by atoms with Crippen LogP contribution in [0.25, 0.3) is 0 Å². The third-order valence-corrected chi connectivity index (χ3v) is 2.50.